The molecular weight excluding hydrogens is 402 g/mol. The predicted molar refractivity (Wildman–Crippen MR) is 115 cm³/mol. The van der Waals surface area contributed by atoms with E-state index in [0.29, 0.717) is 5.56 Å². The van der Waals surface area contributed by atoms with Crippen LogP contribution in [0, 0.1) is 13.8 Å². The first-order valence-electron chi connectivity index (χ1n) is 9.94. The molecule has 1 aromatic rings. The number of nitrogens with zero attached hydrogens (tertiary/aromatic N) is 1. The lowest BCUT2D eigenvalue weighted by Gasteiger charge is -2.31. The molecule has 9 nitrogen and oxygen atoms in total. The zero-order valence-corrected chi connectivity index (χ0v) is 19.5. The molecule has 31 heavy (non-hydrogen) atoms. The fraction of sp³-hybridized carbons (Fsp3) is 0.545. The van der Waals surface area contributed by atoms with Gasteiger partial charge in [0.1, 0.15) is 24.2 Å². The van der Waals surface area contributed by atoms with Gasteiger partial charge in [-0.1, -0.05) is 23.8 Å². The molecule has 0 aliphatic heterocycles. The van der Waals surface area contributed by atoms with Gasteiger partial charge in [-0.3, -0.25) is 14.4 Å². The summed E-state index contributed by atoms with van der Waals surface area (Å²) in [6.07, 6.45) is -0.736. The third-order valence-corrected chi connectivity index (χ3v) is 4.45. The number of hydrogen-bond donors (Lipinski definition) is 2. The second-order valence-corrected chi connectivity index (χ2v) is 8.37. The van der Waals surface area contributed by atoms with Crippen LogP contribution < -0.4 is 10.6 Å². The molecule has 0 spiro atoms. The van der Waals surface area contributed by atoms with Crippen molar-refractivity contribution < 1.29 is 28.7 Å². The Labute approximate surface area is 183 Å². The van der Waals surface area contributed by atoms with Crippen molar-refractivity contribution in [2.45, 2.75) is 59.2 Å². The van der Waals surface area contributed by atoms with Crippen LogP contribution in [0.3, 0.4) is 0 Å². The van der Waals surface area contributed by atoms with Crippen molar-refractivity contribution in [3.8, 4) is 0 Å². The van der Waals surface area contributed by atoms with Crippen molar-refractivity contribution in [3.05, 3.63) is 34.9 Å². The van der Waals surface area contributed by atoms with Crippen molar-refractivity contribution >= 4 is 23.9 Å². The maximum Gasteiger partial charge on any atom is 0.408 e. The molecule has 3 amide bonds. The number of nitrogens with one attached hydrogen (secondary N) is 2. The van der Waals surface area contributed by atoms with E-state index in [9.17, 15) is 19.2 Å². The minimum atomic E-state index is -1.01. The fourth-order valence-corrected chi connectivity index (χ4v) is 2.89. The number of likely N-dealkylation sites (N-methyl/N-ethyl adjacent to an activating group) is 1. The van der Waals surface area contributed by atoms with Gasteiger partial charge in [-0.05, 0) is 52.7 Å². The molecule has 0 aromatic heterocycles. The molecule has 1 aromatic carbocycles. The van der Waals surface area contributed by atoms with Gasteiger partial charge in [0.25, 0.3) is 0 Å². The van der Waals surface area contributed by atoms with Gasteiger partial charge in [0.15, 0.2) is 0 Å². The lowest BCUT2D eigenvalue weighted by Crippen LogP contribution is -2.51. The molecule has 0 saturated heterocycles. The molecule has 0 aliphatic carbocycles. The van der Waals surface area contributed by atoms with Crippen LogP contribution in [0.15, 0.2) is 18.2 Å². The van der Waals surface area contributed by atoms with Gasteiger partial charge in [-0.15, -0.1) is 0 Å². The minimum absolute atomic E-state index is 0.329. The molecule has 0 saturated carbocycles. The van der Waals surface area contributed by atoms with Crippen molar-refractivity contribution in [1.29, 1.82) is 0 Å². The smallest absolute Gasteiger partial charge is 0.408 e. The van der Waals surface area contributed by atoms with E-state index in [1.54, 1.807) is 20.8 Å². The third-order valence-electron chi connectivity index (χ3n) is 4.45. The molecule has 0 aliphatic rings. The van der Waals surface area contributed by atoms with E-state index in [0.717, 1.165) is 11.1 Å². The summed E-state index contributed by atoms with van der Waals surface area (Å²) in [6, 6.07) is 3.61. The number of ether oxygens (including phenoxy) is 2. The van der Waals surface area contributed by atoms with Gasteiger partial charge in [-0.25, -0.2) is 4.79 Å². The van der Waals surface area contributed by atoms with E-state index in [1.807, 2.05) is 32.0 Å². The lowest BCUT2D eigenvalue weighted by atomic mass is 9.96. The number of methoxy groups -OCH3 is 1. The Morgan fingerprint density at radius 1 is 1.13 bits per heavy atom. The average molecular weight is 436 g/mol. The van der Waals surface area contributed by atoms with Crippen LogP contribution in [-0.2, 0) is 23.9 Å². The molecule has 0 fully saturated rings. The molecule has 0 bridgehead atoms. The van der Waals surface area contributed by atoms with E-state index in [-0.39, 0.29) is 6.54 Å². The van der Waals surface area contributed by atoms with Crippen LogP contribution in [0.4, 0.5) is 4.79 Å². The fourth-order valence-electron chi connectivity index (χ4n) is 2.89. The minimum Gasteiger partial charge on any atom is -0.468 e. The molecule has 0 heterocycles. The third kappa shape index (κ3) is 7.92. The zero-order chi connectivity index (χ0) is 23.9. The number of aryl methyl sites for hydroxylation is 2. The number of amides is 3. The van der Waals surface area contributed by atoms with Crippen LogP contribution in [0.5, 0.6) is 0 Å². The topological polar surface area (TPSA) is 114 Å². The average Bonchev–Trinajstić information content (AvgIpc) is 2.66. The Morgan fingerprint density at radius 3 is 2.29 bits per heavy atom. The van der Waals surface area contributed by atoms with Gasteiger partial charge in [0.05, 0.1) is 7.11 Å². The number of carbonyl (C=O) groups is 4. The quantitative estimate of drug-likeness (QED) is 0.633. The first kappa shape index (κ1) is 25.9. The first-order valence-corrected chi connectivity index (χ1v) is 9.94. The van der Waals surface area contributed by atoms with E-state index in [1.165, 1.54) is 26.0 Å². The molecule has 1 rings (SSSR count). The van der Waals surface area contributed by atoms with Crippen LogP contribution >= 0.6 is 0 Å². The number of carbonyl (C=O) groups excluding carboxylic acids is 4. The van der Waals surface area contributed by atoms with Crippen LogP contribution in [0.25, 0.3) is 0 Å². The molecular formula is C22H33N3O6. The predicted octanol–water partition coefficient (Wildman–Crippen LogP) is 2.01. The molecule has 2 unspecified atom stereocenters. The lowest BCUT2D eigenvalue weighted by molar-refractivity contribution is -0.143. The number of rotatable bonds is 7. The molecule has 0 radical (unpaired) electrons. The summed E-state index contributed by atoms with van der Waals surface area (Å²) in [5.41, 5.74) is 1.61. The summed E-state index contributed by atoms with van der Waals surface area (Å²) in [4.78, 5) is 50.8. The largest absolute Gasteiger partial charge is 0.468 e. The molecule has 2 atom stereocenters. The van der Waals surface area contributed by atoms with Gasteiger partial charge in [-0.2, -0.15) is 0 Å². The Balaban J connectivity index is 3.14. The number of benzene rings is 1. The normalized spacial score (nSPS) is 12.9. The summed E-state index contributed by atoms with van der Waals surface area (Å²) in [5.74, 6) is -1.65. The Bertz CT molecular complexity index is 831. The summed E-state index contributed by atoms with van der Waals surface area (Å²) in [7, 11) is 2.69. The standard InChI is InChI=1S/C22H33N3O6/c1-13-9-10-14(2)16(11-13)18(19(27)23-12-17(26)30-8)25(7)20(28)15(3)24-21(29)31-22(4,5)6/h9-11,15,18H,12H2,1-8H3,(H,23,27)(H,24,29). The molecule has 9 heteroatoms. The molecule has 2 N–H and O–H groups in total. The van der Waals surface area contributed by atoms with Crippen LogP contribution in [-0.4, -0.2) is 61.1 Å². The van der Waals surface area contributed by atoms with Gasteiger partial charge < -0.3 is 25.0 Å². The van der Waals surface area contributed by atoms with Crippen molar-refractivity contribution in [2.75, 3.05) is 20.7 Å². The van der Waals surface area contributed by atoms with E-state index < -0.39 is 41.6 Å². The summed E-state index contributed by atoms with van der Waals surface area (Å²) in [5, 5.41) is 5.00. The summed E-state index contributed by atoms with van der Waals surface area (Å²) < 4.78 is 9.75. The Morgan fingerprint density at radius 2 is 1.74 bits per heavy atom. The zero-order valence-electron chi connectivity index (χ0n) is 19.5. The highest BCUT2D eigenvalue weighted by molar-refractivity contribution is 5.93. The Kier molecular flexibility index (Phi) is 9.02. The van der Waals surface area contributed by atoms with Crippen molar-refractivity contribution in [2.24, 2.45) is 0 Å². The molecule has 172 valence electrons. The highest BCUT2D eigenvalue weighted by Crippen LogP contribution is 2.25. The van der Waals surface area contributed by atoms with Crippen LogP contribution in [0.2, 0.25) is 0 Å². The summed E-state index contributed by atoms with van der Waals surface area (Å²) in [6.45, 7) is 10.0. The summed E-state index contributed by atoms with van der Waals surface area (Å²) >= 11 is 0. The number of alkyl carbamates (subject to hydrolysis) is 1. The van der Waals surface area contributed by atoms with Gasteiger partial charge in [0.2, 0.25) is 11.8 Å². The van der Waals surface area contributed by atoms with Crippen molar-refractivity contribution in [3.63, 3.8) is 0 Å². The van der Waals surface area contributed by atoms with E-state index in [2.05, 4.69) is 15.4 Å². The maximum atomic E-state index is 13.0. The van der Waals surface area contributed by atoms with E-state index in [4.69, 9.17) is 4.74 Å². The second kappa shape index (κ2) is 10.8. The van der Waals surface area contributed by atoms with E-state index >= 15 is 0 Å². The maximum absolute atomic E-state index is 13.0. The van der Waals surface area contributed by atoms with Crippen LogP contribution in [0.1, 0.15) is 50.4 Å². The highest BCUT2D eigenvalue weighted by Gasteiger charge is 2.33. The second-order valence-electron chi connectivity index (χ2n) is 8.37. The highest BCUT2D eigenvalue weighted by atomic mass is 16.6. The first-order chi connectivity index (χ1) is 14.3. The number of hydrogen-bond acceptors (Lipinski definition) is 6. The van der Waals surface area contributed by atoms with Gasteiger partial charge >= 0.3 is 12.1 Å². The van der Waals surface area contributed by atoms with Crippen molar-refractivity contribution in [1.82, 2.24) is 15.5 Å². The monoisotopic (exact) mass is 435 g/mol. The van der Waals surface area contributed by atoms with Gasteiger partial charge in [0, 0.05) is 7.05 Å². The number of esters is 1. The SMILES string of the molecule is COC(=O)CNC(=O)C(c1cc(C)ccc1C)N(C)C(=O)C(C)NC(=O)OC(C)(C)C. The Hall–Kier alpha value is -3.10.